The van der Waals surface area contributed by atoms with Crippen LogP contribution in [0.15, 0.2) is 38.0 Å². The number of rotatable bonds is 21. The molecule has 0 bridgehead atoms. The highest BCUT2D eigenvalue weighted by Gasteiger charge is 2.11. The van der Waals surface area contributed by atoms with Crippen molar-refractivity contribution in [1.29, 1.82) is 0 Å². The Balaban J connectivity index is 2.52. The minimum atomic E-state index is -0.477. The zero-order valence-electron chi connectivity index (χ0n) is 20.4. The van der Waals surface area contributed by atoms with Gasteiger partial charge in [0, 0.05) is 18.2 Å². The Bertz CT molecular complexity index is 739. The lowest BCUT2D eigenvalue weighted by Gasteiger charge is -2.10. The van der Waals surface area contributed by atoms with E-state index in [0.717, 1.165) is 18.2 Å². The summed E-state index contributed by atoms with van der Waals surface area (Å²) in [5, 5.41) is 0. The molecule has 1 aromatic heterocycles. The second-order valence-electron chi connectivity index (χ2n) is 6.96. The molecule has 1 aromatic rings. The summed E-state index contributed by atoms with van der Waals surface area (Å²) in [5.41, 5.74) is 0. The predicted molar refractivity (Wildman–Crippen MR) is 127 cm³/mol. The van der Waals surface area contributed by atoms with Gasteiger partial charge >= 0.3 is 35.9 Å². The van der Waals surface area contributed by atoms with Crippen LogP contribution in [0.25, 0.3) is 0 Å². The highest BCUT2D eigenvalue weighted by atomic mass is 16.5. The maximum absolute atomic E-state index is 11.0. The van der Waals surface area contributed by atoms with E-state index in [-0.39, 0.29) is 57.7 Å². The first-order valence-corrected chi connectivity index (χ1v) is 11.5. The number of carbonyl (C=O) groups is 3. The van der Waals surface area contributed by atoms with Crippen LogP contribution in [0.1, 0.15) is 38.5 Å². The number of aromatic nitrogens is 3. The van der Waals surface area contributed by atoms with E-state index in [1.807, 2.05) is 0 Å². The third-order valence-corrected chi connectivity index (χ3v) is 4.12. The third-order valence-electron chi connectivity index (χ3n) is 4.12. The molecular formula is C24H33N3O9. The molecule has 0 N–H and O–H groups in total. The number of unbranched alkanes of at least 4 members (excludes halogenated alkanes) is 3. The minimum absolute atomic E-state index is 0.0258. The summed E-state index contributed by atoms with van der Waals surface area (Å²) in [7, 11) is 0. The second-order valence-corrected chi connectivity index (χ2v) is 6.96. The molecule has 0 aliphatic rings. The van der Waals surface area contributed by atoms with Crippen LogP contribution in [-0.2, 0) is 28.6 Å². The molecule has 1 rings (SSSR count). The Morgan fingerprint density at radius 3 is 1.00 bits per heavy atom. The average Bonchev–Trinajstić information content (AvgIpc) is 2.89. The van der Waals surface area contributed by atoms with Gasteiger partial charge in [-0.25, -0.2) is 14.4 Å². The van der Waals surface area contributed by atoms with E-state index in [1.54, 1.807) is 0 Å². The number of nitrogens with zero attached hydrogens (tertiary/aromatic N) is 3. The van der Waals surface area contributed by atoms with Gasteiger partial charge in [0.2, 0.25) is 0 Å². The van der Waals surface area contributed by atoms with Crippen LogP contribution < -0.4 is 14.2 Å². The fraction of sp³-hybridized carbons (Fsp3) is 0.500. The van der Waals surface area contributed by atoms with E-state index < -0.39 is 17.9 Å². The second kappa shape index (κ2) is 19.4. The molecule has 36 heavy (non-hydrogen) atoms. The monoisotopic (exact) mass is 507 g/mol. The molecule has 0 aliphatic carbocycles. The topological polar surface area (TPSA) is 145 Å². The zero-order valence-corrected chi connectivity index (χ0v) is 20.4. The van der Waals surface area contributed by atoms with Crippen molar-refractivity contribution >= 4 is 17.9 Å². The van der Waals surface area contributed by atoms with Gasteiger partial charge in [-0.3, -0.25) is 0 Å². The SMILES string of the molecule is C=CC(=O)OCCCCOc1nc(OCCCCOC(=O)C=C)nc(OCCCCOC(=O)C=C)n1. The summed E-state index contributed by atoms with van der Waals surface area (Å²) >= 11 is 0. The molecule has 0 aliphatic heterocycles. The molecule has 198 valence electrons. The summed E-state index contributed by atoms with van der Waals surface area (Å²) in [4.78, 5) is 45.5. The average molecular weight is 508 g/mol. The highest BCUT2D eigenvalue weighted by molar-refractivity contribution is 5.81. The highest BCUT2D eigenvalue weighted by Crippen LogP contribution is 2.16. The summed E-state index contributed by atoms with van der Waals surface area (Å²) in [6.07, 6.45) is 6.85. The van der Waals surface area contributed by atoms with E-state index in [4.69, 9.17) is 28.4 Å². The van der Waals surface area contributed by atoms with Gasteiger partial charge in [0.25, 0.3) is 0 Å². The van der Waals surface area contributed by atoms with Crippen molar-refractivity contribution in [2.24, 2.45) is 0 Å². The molecule has 0 amide bonds. The van der Waals surface area contributed by atoms with Crippen molar-refractivity contribution in [3.8, 4) is 18.0 Å². The van der Waals surface area contributed by atoms with Gasteiger partial charge in [-0.1, -0.05) is 19.7 Å². The van der Waals surface area contributed by atoms with Gasteiger partial charge in [-0.2, -0.15) is 0 Å². The lowest BCUT2D eigenvalue weighted by molar-refractivity contribution is -0.138. The van der Waals surface area contributed by atoms with Gasteiger partial charge < -0.3 is 28.4 Å². The third kappa shape index (κ3) is 15.0. The van der Waals surface area contributed by atoms with Gasteiger partial charge in [0.15, 0.2) is 0 Å². The molecule has 0 saturated carbocycles. The summed E-state index contributed by atoms with van der Waals surface area (Å²) in [6.45, 7) is 11.6. The Morgan fingerprint density at radius 1 is 0.500 bits per heavy atom. The molecule has 12 heteroatoms. The number of carbonyl (C=O) groups excluding carboxylic acids is 3. The van der Waals surface area contributed by atoms with Crippen molar-refractivity contribution in [2.45, 2.75) is 38.5 Å². The first-order valence-electron chi connectivity index (χ1n) is 11.5. The number of hydrogen-bond acceptors (Lipinski definition) is 12. The van der Waals surface area contributed by atoms with E-state index >= 15 is 0 Å². The summed E-state index contributed by atoms with van der Waals surface area (Å²) < 4.78 is 31.4. The maximum Gasteiger partial charge on any atom is 0.330 e. The van der Waals surface area contributed by atoms with Crippen LogP contribution in [0.3, 0.4) is 0 Å². The Kier molecular flexibility index (Phi) is 16.2. The number of ether oxygens (including phenoxy) is 6. The normalized spacial score (nSPS) is 10.0. The first kappa shape index (κ1) is 30.1. The first-order chi connectivity index (χ1) is 17.5. The molecule has 0 aromatic carbocycles. The van der Waals surface area contributed by atoms with Crippen molar-refractivity contribution in [3.63, 3.8) is 0 Å². The minimum Gasteiger partial charge on any atom is -0.463 e. The maximum atomic E-state index is 11.0. The fourth-order valence-electron chi connectivity index (χ4n) is 2.31. The van der Waals surface area contributed by atoms with Crippen molar-refractivity contribution in [3.05, 3.63) is 38.0 Å². The molecule has 0 saturated heterocycles. The van der Waals surface area contributed by atoms with Gasteiger partial charge in [-0.15, -0.1) is 15.0 Å². The molecule has 12 nitrogen and oxygen atoms in total. The molecular weight excluding hydrogens is 474 g/mol. The smallest absolute Gasteiger partial charge is 0.330 e. The van der Waals surface area contributed by atoms with E-state index in [1.165, 1.54) is 0 Å². The van der Waals surface area contributed by atoms with Crippen molar-refractivity contribution in [2.75, 3.05) is 39.6 Å². The standard InChI is InChI=1S/C24H33N3O9/c1-4-19(28)31-13-7-10-16-34-22-25-23(35-17-11-8-14-32-20(29)5-2)27-24(26-22)36-18-12-9-15-33-21(30)6-3/h4-6H,1-3,7-18H2. The lowest BCUT2D eigenvalue weighted by atomic mass is 10.3. The Morgan fingerprint density at radius 2 is 0.750 bits per heavy atom. The lowest BCUT2D eigenvalue weighted by Crippen LogP contribution is -2.11. The van der Waals surface area contributed by atoms with Crippen LogP contribution in [0.5, 0.6) is 18.0 Å². The number of hydrogen-bond donors (Lipinski definition) is 0. The van der Waals surface area contributed by atoms with Crippen LogP contribution >= 0.6 is 0 Å². The molecule has 0 unspecified atom stereocenters. The summed E-state index contributed by atoms with van der Waals surface area (Å²) in [5.74, 6) is -1.43. The van der Waals surface area contributed by atoms with E-state index in [0.29, 0.717) is 38.5 Å². The van der Waals surface area contributed by atoms with Gasteiger partial charge in [-0.05, 0) is 38.5 Å². The van der Waals surface area contributed by atoms with E-state index in [2.05, 4.69) is 34.7 Å². The zero-order chi connectivity index (χ0) is 26.4. The van der Waals surface area contributed by atoms with E-state index in [9.17, 15) is 14.4 Å². The quantitative estimate of drug-likeness (QED) is 0.104. The van der Waals surface area contributed by atoms with Gasteiger partial charge in [0.1, 0.15) is 0 Å². The van der Waals surface area contributed by atoms with Crippen LogP contribution in [-0.4, -0.2) is 72.5 Å². The van der Waals surface area contributed by atoms with Crippen LogP contribution in [0.2, 0.25) is 0 Å². The summed E-state index contributed by atoms with van der Waals surface area (Å²) in [6, 6.07) is 0.0775. The van der Waals surface area contributed by atoms with Crippen molar-refractivity contribution in [1.82, 2.24) is 15.0 Å². The van der Waals surface area contributed by atoms with Crippen LogP contribution in [0, 0.1) is 0 Å². The molecule has 0 radical (unpaired) electrons. The Labute approximate surface area is 210 Å². The van der Waals surface area contributed by atoms with Crippen LogP contribution in [0.4, 0.5) is 0 Å². The predicted octanol–water partition coefficient (Wildman–Crippen LogP) is 2.54. The van der Waals surface area contributed by atoms with Crippen molar-refractivity contribution < 1.29 is 42.8 Å². The molecule has 0 spiro atoms. The Hall–Kier alpha value is -3.96. The molecule has 0 atom stereocenters. The molecule has 1 heterocycles. The van der Waals surface area contributed by atoms with Gasteiger partial charge in [0.05, 0.1) is 39.6 Å². The number of esters is 3. The fourth-order valence-corrected chi connectivity index (χ4v) is 2.31. The molecule has 0 fully saturated rings. The largest absolute Gasteiger partial charge is 0.463 e.